The molecule has 1 aliphatic rings. The van der Waals surface area contributed by atoms with E-state index in [1.807, 2.05) is 70.7 Å². The van der Waals surface area contributed by atoms with Gasteiger partial charge in [-0.1, -0.05) is 58.7 Å². The van der Waals surface area contributed by atoms with Crippen LogP contribution in [0.25, 0.3) is 10.9 Å². The Bertz CT molecular complexity index is 1260. The van der Waals surface area contributed by atoms with Crippen molar-refractivity contribution in [2.45, 2.75) is 130 Å². The first-order valence-electron chi connectivity index (χ1n) is 16.4. The van der Waals surface area contributed by atoms with Crippen molar-refractivity contribution in [2.75, 3.05) is 7.11 Å². The number of ether oxygens (including phenoxy) is 1. The van der Waals surface area contributed by atoms with Gasteiger partial charge < -0.3 is 30.6 Å². The first kappa shape index (κ1) is 34.9. The minimum Gasteiger partial charge on any atom is -0.467 e. The number of hydrogen-bond acceptors (Lipinski definition) is 5. The summed E-state index contributed by atoms with van der Waals surface area (Å²) in [5, 5.41) is 9.80. The largest absolute Gasteiger partial charge is 0.467 e. The van der Waals surface area contributed by atoms with Gasteiger partial charge >= 0.3 is 12.0 Å². The van der Waals surface area contributed by atoms with Crippen LogP contribution in [0.2, 0.25) is 0 Å². The fourth-order valence-corrected chi connectivity index (χ4v) is 6.30. The van der Waals surface area contributed by atoms with Crippen LogP contribution in [0.4, 0.5) is 4.79 Å². The summed E-state index contributed by atoms with van der Waals surface area (Å²) in [7, 11) is 1.30. The van der Waals surface area contributed by atoms with E-state index in [-0.39, 0.29) is 30.5 Å². The molecule has 3 rings (SSSR count). The van der Waals surface area contributed by atoms with Gasteiger partial charge in [0.1, 0.15) is 18.1 Å². The summed E-state index contributed by atoms with van der Waals surface area (Å²) in [6.45, 7) is 12.1. The summed E-state index contributed by atoms with van der Waals surface area (Å²) < 4.78 is 4.97. The summed E-state index contributed by atoms with van der Waals surface area (Å²) in [6, 6.07) is 5.13. The van der Waals surface area contributed by atoms with E-state index in [1.165, 1.54) is 7.11 Å². The van der Waals surface area contributed by atoms with E-state index in [2.05, 4.69) is 20.9 Å². The van der Waals surface area contributed by atoms with Crippen molar-refractivity contribution in [3.63, 3.8) is 0 Å². The lowest BCUT2D eigenvalue weighted by Gasteiger charge is -2.39. The van der Waals surface area contributed by atoms with E-state index in [9.17, 15) is 19.2 Å². The molecule has 2 heterocycles. The number of aromatic amines is 1. The Kier molecular flexibility index (Phi) is 13.1. The average molecular weight is 612 g/mol. The fraction of sp³-hybridized carbons (Fsp3) is 0.647. The van der Waals surface area contributed by atoms with Crippen LogP contribution >= 0.6 is 0 Å². The van der Waals surface area contributed by atoms with Crippen molar-refractivity contribution < 1.29 is 23.9 Å². The zero-order chi connectivity index (χ0) is 32.4. The Balaban J connectivity index is 1.92. The van der Waals surface area contributed by atoms with Crippen molar-refractivity contribution in [1.29, 1.82) is 0 Å². The minimum atomic E-state index is -0.986. The predicted molar refractivity (Wildman–Crippen MR) is 173 cm³/mol. The number of esters is 1. The van der Waals surface area contributed by atoms with Crippen LogP contribution in [0.3, 0.4) is 0 Å². The Morgan fingerprint density at radius 2 is 1.59 bits per heavy atom. The van der Waals surface area contributed by atoms with E-state index < -0.39 is 35.9 Å². The van der Waals surface area contributed by atoms with Crippen LogP contribution in [-0.4, -0.2) is 71.0 Å². The second kappa shape index (κ2) is 16.5. The number of nitrogens with zero attached hydrogens (tertiary/aromatic N) is 1. The molecule has 5 atom stereocenters. The molecule has 4 amide bonds. The number of H-pyrrole nitrogens is 1. The third-order valence-corrected chi connectivity index (χ3v) is 8.69. The lowest BCUT2D eigenvalue weighted by atomic mass is 9.97. The highest BCUT2D eigenvalue weighted by Gasteiger charge is 2.34. The maximum Gasteiger partial charge on any atom is 0.328 e. The zero-order valence-electron chi connectivity index (χ0n) is 27.6. The van der Waals surface area contributed by atoms with Crippen molar-refractivity contribution >= 4 is 34.7 Å². The molecule has 0 radical (unpaired) electrons. The van der Waals surface area contributed by atoms with Crippen molar-refractivity contribution in [1.82, 2.24) is 25.8 Å². The van der Waals surface area contributed by atoms with Gasteiger partial charge in [-0.2, -0.15) is 0 Å². The second-order valence-electron chi connectivity index (χ2n) is 12.6. The number of carbonyl (C=O) groups is 4. The molecule has 244 valence electrons. The quantitative estimate of drug-likeness (QED) is 0.224. The number of aryl methyl sites for hydroxylation is 1. The van der Waals surface area contributed by atoms with Crippen LogP contribution < -0.4 is 16.0 Å². The molecule has 0 saturated carbocycles. The zero-order valence-corrected chi connectivity index (χ0v) is 27.6. The monoisotopic (exact) mass is 611 g/mol. The Morgan fingerprint density at radius 3 is 2.20 bits per heavy atom. The van der Waals surface area contributed by atoms with Gasteiger partial charge in [0.2, 0.25) is 11.8 Å². The first-order valence-corrected chi connectivity index (χ1v) is 16.4. The van der Waals surface area contributed by atoms with Crippen LogP contribution in [-0.2, 0) is 32.0 Å². The number of piperidine rings is 1. The van der Waals surface area contributed by atoms with Crippen LogP contribution in [0, 0.1) is 5.92 Å². The summed E-state index contributed by atoms with van der Waals surface area (Å²) in [4.78, 5) is 59.2. The Hall–Kier alpha value is -3.56. The van der Waals surface area contributed by atoms with Gasteiger partial charge in [-0.25, -0.2) is 9.59 Å². The number of amides is 4. The molecular formula is C34H53N5O5. The molecule has 44 heavy (non-hydrogen) atoms. The predicted octanol–water partition coefficient (Wildman–Crippen LogP) is 4.99. The smallest absolute Gasteiger partial charge is 0.328 e. The maximum absolute atomic E-state index is 13.9. The van der Waals surface area contributed by atoms with Gasteiger partial charge in [0.15, 0.2) is 0 Å². The molecule has 1 aliphatic heterocycles. The number of fused-ring (bicyclic) bond motifs is 1. The normalized spacial score (nSPS) is 18.9. The van der Waals surface area contributed by atoms with Gasteiger partial charge in [-0.15, -0.1) is 0 Å². The number of rotatable bonds is 14. The van der Waals surface area contributed by atoms with Gasteiger partial charge in [-0.3, -0.25) is 9.59 Å². The fourth-order valence-electron chi connectivity index (χ4n) is 6.30. The minimum absolute atomic E-state index is 0.0766. The third kappa shape index (κ3) is 8.99. The molecule has 0 aliphatic carbocycles. The number of hydrogen-bond donors (Lipinski definition) is 4. The number of unbranched alkanes of at least 4 members (excludes halogenated alkanes) is 1. The van der Waals surface area contributed by atoms with Gasteiger partial charge in [0, 0.05) is 35.1 Å². The number of aromatic nitrogens is 1. The first-order chi connectivity index (χ1) is 21.0. The molecule has 10 nitrogen and oxygen atoms in total. The van der Waals surface area contributed by atoms with E-state index in [4.69, 9.17) is 4.74 Å². The summed E-state index contributed by atoms with van der Waals surface area (Å²) in [5.41, 5.74) is 2.87. The standard InChI is InChI=1S/C34H53N5O5/c1-8-10-17-28(33(42)44-7)36-32(41)30(20-25-24-16-11-12-18-27(24)35-26(25)9-2)37-31(40)29(19-21(3)4)38-34(43)39-22(5)14-13-15-23(39)6/h11-12,16,18,21-23,28-30,35H,8-10,13-15,17,19-20H2,1-7H3,(H,36,41)(H,37,40)(H,38,43)/t22-,23+,28-,29+,30-/m1/s1. The maximum atomic E-state index is 13.9. The SMILES string of the molecule is CCCC[C@@H](NC(=O)[C@@H](Cc1c(CC)[nH]c2ccccc12)NC(=O)[C@H](CC(C)C)NC(=O)N1[C@H](C)CCC[C@@H]1C)C(=O)OC. The molecule has 0 bridgehead atoms. The van der Waals surface area contributed by atoms with Crippen LogP contribution in [0.15, 0.2) is 24.3 Å². The van der Waals surface area contributed by atoms with Gasteiger partial charge in [0.25, 0.3) is 0 Å². The number of methoxy groups -OCH3 is 1. The van der Waals surface area contributed by atoms with Crippen molar-refractivity contribution in [3.05, 3.63) is 35.5 Å². The molecule has 1 aromatic heterocycles. The summed E-state index contributed by atoms with van der Waals surface area (Å²) in [5.74, 6) is -1.30. The van der Waals surface area contributed by atoms with Crippen molar-refractivity contribution in [3.8, 4) is 0 Å². The van der Waals surface area contributed by atoms with Gasteiger partial charge in [-0.05, 0) is 69.9 Å². The molecule has 4 N–H and O–H groups in total. The number of nitrogens with one attached hydrogen (secondary N) is 4. The lowest BCUT2D eigenvalue weighted by molar-refractivity contribution is -0.145. The summed E-state index contributed by atoms with van der Waals surface area (Å²) in [6.07, 6.45) is 6.27. The number of benzene rings is 1. The molecule has 2 aromatic rings. The van der Waals surface area contributed by atoms with E-state index in [1.54, 1.807) is 0 Å². The highest BCUT2D eigenvalue weighted by molar-refractivity contribution is 5.94. The average Bonchev–Trinajstić information content (AvgIpc) is 3.35. The Labute approximate surface area is 262 Å². The van der Waals surface area contributed by atoms with E-state index >= 15 is 0 Å². The Morgan fingerprint density at radius 1 is 0.955 bits per heavy atom. The molecule has 1 fully saturated rings. The highest BCUT2D eigenvalue weighted by atomic mass is 16.5. The summed E-state index contributed by atoms with van der Waals surface area (Å²) >= 11 is 0. The molecule has 1 aromatic carbocycles. The van der Waals surface area contributed by atoms with Crippen LogP contribution in [0.5, 0.6) is 0 Å². The molecule has 10 heteroatoms. The molecule has 0 spiro atoms. The van der Waals surface area contributed by atoms with E-state index in [0.717, 1.165) is 54.3 Å². The number of carbonyl (C=O) groups excluding carboxylic acids is 4. The molecular weight excluding hydrogens is 558 g/mol. The second-order valence-corrected chi connectivity index (χ2v) is 12.6. The van der Waals surface area contributed by atoms with Crippen molar-refractivity contribution in [2.24, 2.45) is 5.92 Å². The number of likely N-dealkylation sites (tertiary alicyclic amines) is 1. The lowest BCUT2D eigenvalue weighted by Crippen LogP contribution is -2.59. The van der Waals surface area contributed by atoms with E-state index in [0.29, 0.717) is 19.3 Å². The number of para-hydroxylation sites is 1. The van der Waals surface area contributed by atoms with Gasteiger partial charge in [0.05, 0.1) is 7.11 Å². The number of urea groups is 1. The third-order valence-electron chi connectivity index (χ3n) is 8.69. The molecule has 0 unspecified atom stereocenters. The van der Waals surface area contributed by atoms with Crippen LogP contribution in [0.1, 0.15) is 97.7 Å². The molecule has 1 saturated heterocycles. The topological polar surface area (TPSA) is 133 Å². The highest BCUT2D eigenvalue weighted by Crippen LogP contribution is 2.25.